The number of hydrogen-bond donors (Lipinski definition) is 4. The molecule has 0 fully saturated rings. The van der Waals surface area contributed by atoms with E-state index in [2.05, 4.69) is 51.5 Å². The molecule has 3 aromatic rings. The lowest BCUT2D eigenvalue weighted by atomic mass is 10.2. The fourth-order valence-electron chi connectivity index (χ4n) is 3.31. The number of carbonyl (C=O) groups is 1. The van der Waals surface area contributed by atoms with E-state index in [4.69, 9.17) is 0 Å². The Kier molecular flexibility index (Phi) is 7.09. The summed E-state index contributed by atoms with van der Waals surface area (Å²) in [6.07, 6.45) is 4.95. The minimum absolute atomic E-state index is 0.433. The predicted octanol–water partition coefficient (Wildman–Crippen LogP) is 5.29. The van der Waals surface area contributed by atoms with Crippen molar-refractivity contribution in [2.24, 2.45) is 4.36 Å². The van der Waals surface area contributed by atoms with Crippen molar-refractivity contribution >= 4 is 60.5 Å². The molecule has 0 spiro atoms. The number of amides is 2. The number of nitrogens with zero attached hydrogens (tertiary/aromatic N) is 3. The topological polar surface area (TPSA) is 120 Å². The van der Waals surface area contributed by atoms with Gasteiger partial charge in [0.2, 0.25) is 5.95 Å². The summed E-state index contributed by atoms with van der Waals surface area (Å²) in [5.41, 5.74) is 1.96. The van der Waals surface area contributed by atoms with Crippen LogP contribution in [0.1, 0.15) is 12.8 Å². The van der Waals surface area contributed by atoms with Crippen molar-refractivity contribution in [1.82, 2.24) is 9.97 Å². The molecular weight excluding hydrogens is 506 g/mol. The highest BCUT2D eigenvalue weighted by Gasteiger charge is 2.16. The summed E-state index contributed by atoms with van der Waals surface area (Å²) in [4.78, 5) is 21.7. The Bertz CT molecular complexity index is 1280. The maximum atomic E-state index is 13.5. The van der Waals surface area contributed by atoms with Gasteiger partial charge in [-0.15, -0.1) is 4.36 Å². The first kappa shape index (κ1) is 23.0. The molecule has 1 atom stereocenters. The van der Waals surface area contributed by atoms with Gasteiger partial charge >= 0.3 is 6.03 Å². The van der Waals surface area contributed by atoms with Gasteiger partial charge in [-0.1, -0.05) is 18.2 Å². The van der Waals surface area contributed by atoms with Gasteiger partial charge in [-0.25, -0.2) is 14.0 Å². The van der Waals surface area contributed by atoms with Crippen LogP contribution < -0.4 is 21.3 Å². The molecule has 4 bridgehead atoms. The van der Waals surface area contributed by atoms with Crippen LogP contribution in [0.25, 0.3) is 0 Å². The Labute approximate surface area is 201 Å². The summed E-state index contributed by atoms with van der Waals surface area (Å²) >= 11 is 3.46. The van der Waals surface area contributed by atoms with Crippen molar-refractivity contribution in [3.8, 4) is 0 Å². The highest BCUT2D eigenvalue weighted by molar-refractivity contribution is 9.10. The zero-order valence-corrected chi connectivity index (χ0v) is 20.4. The van der Waals surface area contributed by atoms with Gasteiger partial charge in [-0.3, -0.25) is 0 Å². The molecule has 1 aromatic heterocycles. The number of carbonyl (C=O) groups excluding carboxylic acids is 1. The first-order valence-corrected chi connectivity index (χ1v) is 13.1. The normalized spacial score (nSPS) is 15.1. The second-order valence-electron chi connectivity index (χ2n) is 7.48. The monoisotopic (exact) mass is 529 g/mol. The van der Waals surface area contributed by atoms with E-state index in [1.165, 1.54) is 6.26 Å². The molecule has 1 aliphatic heterocycles. The molecule has 0 radical (unpaired) electrons. The third-order valence-corrected chi connectivity index (χ3v) is 7.15. The third kappa shape index (κ3) is 5.99. The number of rotatable bonds is 2. The second-order valence-corrected chi connectivity index (χ2v) is 10.6. The number of halogens is 1. The molecule has 11 heteroatoms. The smallest absolute Gasteiger partial charge is 0.353 e. The first-order valence-electron chi connectivity index (χ1n) is 10.4. The van der Waals surface area contributed by atoms with Gasteiger partial charge in [0.05, 0.1) is 24.8 Å². The average Bonchev–Trinajstić information content (AvgIpc) is 2.78. The number of hydrogen-bond acceptors (Lipinski definition) is 7. The summed E-state index contributed by atoms with van der Waals surface area (Å²) in [6, 6.07) is 13.6. The first-order chi connectivity index (χ1) is 15.9. The van der Waals surface area contributed by atoms with Crippen molar-refractivity contribution < 1.29 is 9.00 Å². The van der Waals surface area contributed by atoms with Crippen LogP contribution in [-0.2, 0) is 9.73 Å². The average molecular weight is 530 g/mol. The van der Waals surface area contributed by atoms with Gasteiger partial charge in [0.1, 0.15) is 5.82 Å². The van der Waals surface area contributed by atoms with E-state index in [1.807, 2.05) is 12.1 Å². The molecule has 33 heavy (non-hydrogen) atoms. The molecule has 0 saturated heterocycles. The summed E-state index contributed by atoms with van der Waals surface area (Å²) < 4.78 is 18.3. The molecule has 0 aliphatic carbocycles. The quantitative estimate of drug-likeness (QED) is 0.355. The zero-order chi connectivity index (χ0) is 23.3. The van der Waals surface area contributed by atoms with Crippen LogP contribution >= 0.6 is 15.9 Å². The minimum Gasteiger partial charge on any atom is -0.384 e. The van der Waals surface area contributed by atoms with Crippen LogP contribution in [0.15, 0.2) is 68.5 Å². The van der Waals surface area contributed by atoms with Crippen LogP contribution in [0.4, 0.5) is 33.6 Å². The van der Waals surface area contributed by atoms with E-state index in [-0.39, 0.29) is 0 Å². The number of benzene rings is 2. The predicted molar refractivity (Wildman–Crippen MR) is 136 cm³/mol. The number of aromatic nitrogens is 2. The minimum atomic E-state index is -3.02. The van der Waals surface area contributed by atoms with Gasteiger partial charge in [0.25, 0.3) is 0 Å². The Morgan fingerprint density at radius 3 is 2.67 bits per heavy atom. The molecule has 4 N–H and O–H groups in total. The lowest BCUT2D eigenvalue weighted by Crippen LogP contribution is -2.13. The third-order valence-electron chi connectivity index (χ3n) is 4.88. The van der Waals surface area contributed by atoms with Crippen LogP contribution in [0.5, 0.6) is 0 Å². The summed E-state index contributed by atoms with van der Waals surface area (Å²) in [7, 11) is -3.02. The van der Waals surface area contributed by atoms with Crippen molar-refractivity contribution in [2.75, 3.05) is 40.6 Å². The Morgan fingerprint density at radius 2 is 1.88 bits per heavy atom. The van der Waals surface area contributed by atoms with E-state index in [0.717, 1.165) is 35.4 Å². The molecule has 2 aromatic carbocycles. The fourth-order valence-corrected chi connectivity index (χ4v) is 4.96. The highest BCUT2D eigenvalue weighted by Crippen LogP contribution is 2.29. The lowest BCUT2D eigenvalue weighted by Gasteiger charge is -2.15. The lowest BCUT2D eigenvalue weighted by molar-refractivity contribution is 0.260. The van der Waals surface area contributed by atoms with Crippen molar-refractivity contribution in [2.45, 2.75) is 17.7 Å². The molecule has 2 heterocycles. The summed E-state index contributed by atoms with van der Waals surface area (Å²) in [5.74, 6) is 1.15. The maximum Gasteiger partial charge on any atom is 0.353 e. The van der Waals surface area contributed by atoms with E-state index < -0.39 is 15.8 Å². The molecule has 4 rings (SSSR count). The molecular formula is C22H24BrN7O2S. The van der Waals surface area contributed by atoms with E-state index in [0.29, 0.717) is 28.8 Å². The Balaban J connectivity index is 1.65. The van der Waals surface area contributed by atoms with E-state index in [1.54, 1.807) is 42.6 Å². The fraction of sp³-hybridized carbons (Fsp3) is 0.227. The molecule has 0 saturated carbocycles. The Hall–Kier alpha value is -3.18. The van der Waals surface area contributed by atoms with Crippen LogP contribution in [0, 0.1) is 0 Å². The largest absolute Gasteiger partial charge is 0.384 e. The molecule has 1 unspecified atom stereocenters. The number of fused-ring (bicyclic) bond motifs is 4. The van der Waals surface area contributed by atoms with Gasteiger partial charge in [-0.2, -0.15) is 4.98 Å². The van der Waals surface area contributed by atoms with Gasteiger partial charge in [-0.05, 0) is 59.1 Å². The van der Waals surface area contributed by atoms with E-state index >= 15 is 0 Å². The zero-order valence-electron chi connectivity index (χ0n) is 18.0. The summed E-state index contributed by atoms with van der Waals surface area (Å²) in [5, 5.41) is 12.5. The van der Waals surface area contributed by atoms with Crippen LogP contribution in [0.3, 0.4) is 0 Å². The van der Waals surface area contributed by atoms with Crippen molar-refractivity contribution in [1.29, 1.82) is 0 Å². The van der Waals surface area contributed by atoms with Crippen LogP contribution in [0.2, 0.25) is 0 Å². The number of urea groups is 1. The van der Waals surface area contributed by atoms with Gasteiger partial charge in [0.15, 0.2) is 0 Å². The molecule has 9 nitrogen and oxygen atoms in total. The second kappa shape index (κ2) is 10.2. The SMILES string of the molecule is CS(=O)(=NC(=O)Nc1ccccc1)c1ccc2cc1NCCCCNc1nc(ncc1Br)N2. The Morgan fingerprint density at radius 1 is 1.12 bits per heavy atom. The number of anilines is 5. The molecule has 2 amide bonds. The van der Waals surface area contributed by atoms with E-state index in [9.17, 15) is 9.00 Å². The van der Waals surface area contributed by atoms with Gasteiger partial charge in [0, 0.05) is 36.9 Å². The van der Waals surface area contributed by atoms with Crippen molar-refractivity contribution in [3.05, 3.63) is 59.2 Å². The van der Waals surface area contributed by atoms with Crippen molar-refractivity contribution in [3.63, 3.8) is 0 Å². The standard InChI is InChI=1S/C22H24BrN7O2S/c1-33(32,30-22(31)28-15-7-3-2-4-8-15)19-10-9-16-13-18(19)24-11-5-6-12-25-20-17(23)14-26-21(27-16)29-20/h2-4,7-10,13-14,24H,5-6,11-12H2,1H3,(H,28,31)(H2,25,26,27,29). The number of nitrogens with one attached hydrogen (secondary N) is 4. The highest BCUT2D eigenvalue weighted by atomic mass is 79.9. The van der Waals surface area contributed by atoms with Crippen LogP contribution in [-0.4, -0.2) is 39.6 Å². The maximum absolute atomic E-state index is 13.5. The number of para-hydroxylation sites is 1. The van der Waals surface area contributed by atoms with Gasteiger partial charge < -0.3 is 21.3 Å². The summed E-state index contributed by atoms with van der Waals surface area (Å²) in [6.45, 7) is 1.43. The molecule has 172 valence electrons. The molecule has 1 aliphatic rings.